The zero-order chi connectivity index (χ0) is 34.7. The Morgan fingerprint density at radius 2 is 1.20 bits per heavy atom. The second-order valence-electron chi connectivity index (χ2n) is 13.8. The number of carbonyl (C=O) groups excluding carboxylic acids is 1. The fourth-order valence-electron chi connectivity index (χ4n) is 8.45. The summed E-state index contributed by atoms with van der Waals surface area (Å²) in [7, 11) is 3.34. The molecular formula is C39H41Cl2N5O4. The van der Waals surface area contributed by atoms with Crippen LogP contribution in [-0.4, -0.2) is 95.3 Å². The Labute approximate surface area is 302 Å². The van der Waals surface area contributed by atoms with Crippen molar-refractivity contribution < 1.29 is 19.4 Å². The minimum absolute atomic E-state index is 0.131. The van der Waals surface area contributed by atoms with E-state index in [9.17, 15) is 9.90 Å². The van der Waals surface area contributed by atoms with Gasteiger partial charge in [-0.2, -0.15) is 0 Å². The van der Waals surface area contributed by atoms with Gasteiger partial charge in [-0.1, -0.05) is 59.6 Å². The van der Waals surface area contributed by atoms with Gasteiger partial charge < -0.3 is 19.5 Å². The highest BCUT2D eigenvalue weighted by Crippen LogP contribution is 2.48. The molecule has 2 fully saturated rings. The van der Waals surface area contributed by atoms with E-state index in [2.05, 4.69) is 21.9 Å². The number of fused-ring (bicyclic) bond motifs is 2. The topological polar surface area (TPSA) is 91.3 Å². The number of carbonyl (C=O) groups is 1. The number of β-amino-alcohol motifs (C(OH)–C–C–N with tert-alkyl or cyclic N) is 1. The van der Waals surface area contributed by atoms with Crippen LogP contribution < -0.4 is 9.47 Å². The van der Waals surface area contributed by atoms with Crippen molar-refractivity contribution in [2.45, 2.75) is 50.8 Å². The number of aliphatic hydroxyl groups excluding tert-OH is 1. The molecule has 2 aromatic heterocycles. The van der Waals surface area contributed by atoms with E-state index in [1.165, 1.54) is 11.1 Å². The standard InChI is InChI=1S/C39H41Cl2N5O4/c1-22(47)44-14-16-45(17-15-44)32-12-10-23-18-30(42-38(49-2)34(23)32)28-8-4-6-26(36(28)40)27-7-5-9-29(37(27)41)31-19-24-11-13-33(46-20-25(48)21-46)35(24)39(43-31)50-3/h4-9,18-19,25,32-33,48H,10-17,20-21H2,1-3H3/t32-,33-/m1/s1. The number of rotatable bonds is 7. The smallest absolute Gasteiger partial charge is 0.219 e. The van der Waals surface area contributed by atoms with Crippen molar-refractivity contribution in [3.63, 3.8) is 0 Å². The number of halogens is 2. The molecule has 4 heterocycles. The second kappa shape index (κ2) is 13.4. The van der Waals surface area contributed by atoms with Crippen molar-refractivity contribution in [1.82, 2.24) is 24.7 Å². The molecule has 0 bridgehead atoms. The van der Waals surface area contributed by atoms with Crippen LogP contribution in [0.15, 0.2) is 48.5 Å². The summed E-state index contributed by atoms with van der Waals surface area (Å²) in [6.45, 7) is 6.14. The molecule has 8 rings (SSSR count). The molecule has 9 nitrogen and oxygen atoms in total. The Morgan fingerprint density at radius 3 is 1.64 bits per heavy atom. The molecule has 1 N–H and O–H groups in total. The fourth-order valence-corrected chi connectivity index (χ4v) is 9.10. The molecule has 2 aliphatic heterocycles. The Morgan fingerprint density at radius 1 is 0.740 bits per heavy atom. The summed E-state index contributed by atoms with van der Waals surface area (Å²) in [6, 6.07) is 16.6. The Hall–Kier alpha value is -3.73. The van der Waals surface area contributed by atoms with Crippen molar-refractivity contribution in [3.8, 4) is 45.4 Å². The number of pyridine rings is 2. The Kier molecular flexibility index (Phi) is 8.98. The number of ether oxygens (including phenoxy) is 2. The first-order valence-electron chi connectivity index (χ1n) is 17.4. The molecule has 2 aromatic carbocycles. The van der Waals surface area contributed by atoms with E-state index < -0.39 is 0 Å². The number of hydrogen-bond acceptors (Lipinski definition) is 8. The van der Waals surface area contributed by atoms with Gasteiger partial charge in [-0.3, -0.25) is 14.6 Å². The molecular weight excluding hydrogens is 673 g/mol. The van der Waals surface area contributed by atoms with Gasteiger partial charge in [0.15, 0.2) is 0 Å². The first kappa shape index (κ1) is 33.4. The van der Waals surface area contributed by atoms with E-state index in [1.54, 1.807) is 21.1 Å². The average Bonchev–Trinajstić information content (AvgIpc) is 3.74. The van der Waals surface area contributed by atoms with Gasteiger partial charge in [-0.25, -0.2) is 9.97 Å². The number of aromatic nitrogens is 2. The minimum Gasteiger partial charge on any atom is -0.481 e. The highest BCUT2D eigenvalue weighted by Gasteiger charge is 2.39. The number of hydrogen-bond donors (Lipinski definition) is 1. The number of aliphatic hydroxyl groups is 1. The van der Waals surface area contributed by atoms with Crippen LogP contribution in [0.5, 0.6) is 11.8 Å². The van der Waals surface area contributed by atoms with Crippen molar-refractivity contribution in [1.29, 1.82) is 0 Å². The van der Waals surface area contributed by atoms with Crippen molar-refractivity contribution in [2.75, 3.05) is 53.5 Å². The van der Waals surface area contributed by atoms with Crippen molar-refractivity contribution in [3.05, 3.63) is 80.8 Å². The summed E-state index contributed by atoms with van der Waals surface area (Å²) in [5.74, 6) is 1.37. The second-order valence-corrected chi connectivity index (χ2v) is 14.5. The maximum atomic E-state index is 11.9. The molecule has 0 radical (unpaired) electrons. The number of likely N-dealkylation sites (tertiary alicyclic amines) is 1. The van der Waals surface area contributed by atoms with Crippen molar-refractivity contribution >= 4 is 29.1 Å². The molecule has 50 heavy (non-hydrogen) atoms. The van der Waals surface area contributed by atoms with E-state index in [1.807, 2.05) is 41.3 Å². The van der Waals surface area contributed by atoms with E-state index in [0.717, 1.165) is 96.6 Å². The molecule has 0 spiro atoms. The molecule has 0 unspecified atom stereocenters. The van der Waals surface area contributed by atoms with Crippen LogP contribution in [0.2, 0.25) is 10.0 Å². The normalized spacial score (nSPS) is 20.8. The number of nitrogens with zero attached hydrogens (tertiary/aromatic N) is 5. The minimum atomic E-state index is -0.260. The quantitative estimate of drug-likeness (QED) is 0.229. The average molecular weight is 715 g/mol. The maximum absolute atomic E-state index is 11.9. The molecule has 2 atom stereocenters. The SMILES string of the molecule is COc1nc(-c2cccc(-c3cccc(-c4cc5c(c(OC)n4)[C@H](N4CC(O)C4)CC5)c3Cl)c2Cl)cc2c1[C@H](N1CCN(C(C)=O)CC1)CC2. The van der Waals surface area contributed by atoms with Crippen LogP contribution in [0.3, 0.4) is 0 Å². The van der Waals surface area contributed by atoms with Crippen LogP contribution in [0.4, 0.5) is 0 Å². The highest BCUT2D eigenvalue weighted by molar-refractivity contribution is 6.39. The molecule has 11 heteroatoms. The predicted octanol–water partition coefficient (Wildman–Crippen LogP) is 6.62. The number of aryl methyl sites for hydroxylation is 2. The van der Waals surface area contributed by atoms with E-state index in [-0.39, 0.29) is 24.1 Å². The van der Waals surface area contributed by atoms with Gasteiger partial charge in [0.1, 0.15) is 0 Å². The third kappa shape index (κ3) is 5.73. The lowest BCUT2D eigenvalue weighted by atomic mass is 9.96. The molecule has 1 amide bonds. The Balaban J connectivity index is 1.11. The summed E-state index contributed by atoms with van der Waals surface area (Å²) in [5, 5.41) is 11.0. The van der Waals surface area contributed by atoms with E-state index in [0.29, 0.717) is 34.9 Å². The largest absolute Gasteiger partial charge is 0.481 e. The summed E-state index contributed by atoms with van der Waals surface area (Å²) >= 11 is 14.5. The van der Waals surface area contributed by atoms with Gasteiger partial charge in [-0.15, -0.1) is 0 Å². The van der Waals surface area contributed by atoms with Crippen LogP contribution in [0, 0.1) is 0 Å². The zero-order valence-electron chi connectivity index (χ0n) is 28.6. The molecule has 0 saturated carbocycles. The number of amides is 1. The van der Waals surface area contributed by atoms with Gasteiger partial charge in [0.05, 0.1) is 41.8 Å². The number of piperazine rings is 1. The summed E-state index contributed by atoms with van der Waals surface area (Å²) in [6.07, 6.45) is 3.53. The van der Waals surface area contributed by atoms with Crippen LogP contribution in [0.25, 0.3) is 33.6 Å². The molecule has 4 aromatic rings. The van der Waals surface area contributed by atoms with Gasteiger partial charge in [-0.05, 0) is 48.9 Å². The molecule has 2 saturated heterocycles. The third-order valence-electron chi connectivity index (χ3n) is 11.0. The first-order valence-corrected chi connectivity index (χ1v) is 18.2. The lowest BCUT2D eigenvalue weighted by Gasteiger charge is -2.40. The van der Waals surface area contributed by atoms with Gasteiger partial charge in [0.2, 0.25) is 17.7 Å². The van der Waals surface area contributed by atoms with Gasteiger partial charge >= 0.3 is 0 Å². The van der Waals surface area contributed by atoms with E-state index >= 15 is 0 Å². The lowest BCUT2D eigenvalue weighted by Crippen LogP contribution is -2.51. The van der Waals surface area contributed by atoms with Crippen LogP contribution in [-0.2, 0) is 17.6 Å². The van der Waals surface area contributed by atoms with Gasteiger partial charge in [0, 0.05) is 91.7 Å². The number of benzene rings is 2. The third-order valence-corrected chi connectivity index (χ3v) is 11.8. The van der Waals surface area contributed by atoms with Gasteiger partial charge in [0.25, 0.3) is 0 Å². The summed E-state index contributed by atoms with van der Waals surface area (Å²) < 4.78 is 11.8. The lowest BCUT2D eigenvalue weighted by molar-refractivity contribution is -0.130. The maximum Gasteiger partial charge on any atom is 0.219 e. The summed E-state index contributed by atoms with van der Waals surface area (Å²) in [5.41, 5.74) is 9.43. The van der Waals surface area contributed by atoms with E-state index in [4.69, 9.17) is 42.6 Å². The van der Waals surface area contributed by atoms with Crippen LogP contribution >= 0.6 is 23.2 Å². The number of methoxy groups -OCH3 is 2. The highest BCUT2D eigenvalue weighted by atomic mass is 35.5. The monoisotopic (exact) mass is 713 g/mol. The fraction of sp³-hybridized carbons (Fsp3) is 0.410. The first-order chi connectivity index (χ1) is 24.2. The molecule has 260 valence electrons. The summed E-state index contributed by atoms with van der Waals surface area (Å²) in [4.78, 5) is 28.5. The molecule has 2 aliphatic carbocycles. The van der Waals surface area contributed by atoms with Crippen molar-refractivity contribution in [2.24, 2.45) is 0 Å². The Bertz CT molecular complexity index is 1970. The zero-order valence-corrected chi connectivity index (χ0v) is 30.1. The predicted molar refractivity (Wildman–Crippen MR) is 195 cm³/mol. The molecule has 4 aliphatic rings. The van der Waals surface area contributed by atoms with Crippen LogP contribution in [0.1, 0.15) is 54.1 Å².